The first kappa shape index (κ1) is 25.3. The summed E-state index contributed by atoms with van der Waals surface area (Å²) >= 11 is 0. The molecule has 1 fully saturated rings. The average molecular weight is 519 g/mol. The zero-order valence-corrected chi connectivity index (χ0v) is 20.1. The maximum absolute atomic E-state index is 11.6. The lowest BCUT2D eigenvalue weighted by atomic mass is 10.2. The number of hydrogen-bond donors (Lipinski definition) is 3. The smallest absolute Gasteiger partial charge is 0.407 e. The Labute approximate surface area is 190 Å². The monoisotopic (exact) mass is 519 g/mol. The van der Waals surface area contributed by atoms with Crippen LogP contribution in [-0.2, 0) is 11.3 Å². The Morgan fingerprint density at radius 2 is 1.97 bits per heavy atom. The molecule has 0 atom stereocenters. The van der Waals surface area contributed by atoms with Gasteiger partial charge in [-0.15, -0.1) is 24.0 Å². The van der Waals surface area contributed by atoms with E-state index in [2.05, 4.69) is 25.9 Å². The van der Waals surface area contributed by atoms with Crippen LogP contribution >= 0.6 is 24.0 Å². The Balaban J connectivity index is 0.00000420. The minimum absolute atomic E-state index is 0. The highest BCUT2D eigenvalue weighted by Crippen LogP contribution is 2.29. The van der Waals surface area contributed by atoms with Gasteiger partial charge in [-0.05, 0) is 58.1 Å². The SMILES string of the molecule is CCNC(=NCc1ccnc(OCC2CC2)c1)NCCNC(=O)OC(C)(C)C.I. The highest BCUT2D eigenvalue weighted by Gasteiger charge is 2.22. The van der Waals surface area contributed by atoms with Gasteiger partial charge in [0.05, 0.1) is 13.2 Å². The number of ether oxygens (including phenoxy) is 2. The molecule has 1 aromatic heterocycles. The first-order chi connectivity index (χ1) is 13.4. The van der Waals surface area contributed by atoms with Gasteiger partial charge in [0, 0.05) is 31.9 Å². The molecule has 0 saturated heterocycles. The topological polar surface area (TPSA) is 96.9 Å². The van der Waals surface area contributed by atoms with Gasteiger partial charge in [0.1, 0.15) is 5.60 Å². The van der Waals surface area contributed by atoms with Gasteiger partial charge < -0.3 is 25.4 Å². The van der Waals surface area contributed by atoms with Crippen LogP contribution in [0.5, 0.6) is 5.88 Å². The lowest BCUT2D eigenvalue weighted by Crippen LogP contribution is -2.42. The molecular weight excluding hydrogens is 485 g/mol. The quantitative estimate of drug-likeness (QED) is 0.201. The number of hydrogen-bond acceptors (Lipinski definition) is 5. The molecule has 2 rings (SSSR count). The van der Waals surface area contributed by atoms with Crippen molar-refractivity contribution >= 4 is 36.0 Å². The first-order valence-corrected chi connectivity index (χ1v) is 9.92. The first-order valence-electron chi connectivity index (χ1n) is 9.92. The normalized spacial score (nSPS) is 13.9. The number of halogens is 1. The summed E-state index contributed by atoms with van der Waals surface area (Å²) in [6.07, 6.45) is 3.83. The lowest BCUT2D eigenvalue weighted by molar-refractivity contribution is 0.0529. The fourth-order valence-corrected chi connectivity index (χ4v) is 2.29. The number of carbonyl (C=O) groups is 1. The molecule has 0 unspecified atom stereocenters. The molecule has 9 heteroatoms. The average Bonchev–Trinajstić information content (AvgIpc) is 3.45. The molecule has 164 valence electrons. The summed E-state index contributed by atoms with van der Waals surface area (Å²) < 4.78 is 10.9. The van der Waals surface area contributed by atoms with Crippen LogP contribution in [0.2, 0.25) is 0 Å². The summed E-state index contributed by atoms with van der Waals surface area (Å²) in [4.78, 5) is 20.5. The van der Waals surface area contributed by atoms with E-state index >= 15 is 0 Å². The number of alkyl carbamates (subject to hydrolysis) is 1. The molecule has 1 aliphatic carbocycles. The van der Waals surface area contributed by atoms with Crippen LogP contribution in [0.25, 0.3) is 0 Å². The van der Waals surface area contributed by atoms with Gasteiger partial charge in [0.25, 0.3) is 0 Å². The van der Waals surface area contributed by atoms with Gasteiger partial charge in [0.15, 0.2) is 5.96 Å². The molecule has 3 N–H and O–H groups in total. The third kappa shape index (κ3) is 11.7. The van der Waals surface area contributed by atoms with E-state index in [1.54, 1.807) is 6.20 Å². The predicted octanol–water partition coefficient (Wildman–Crippen LogP) is 3.07. The second-order valence-corrected chi connectivity index (χ2v) is 7.81. The van der Waals surface area contributed by atoms with Gasteiger partial charge in [-0.3, -0.25) is 0 Å². The van der Waals surface area contributed by atoms with Crippen LogP contribution in [0, 0.1) is 5.92 Å². The molecule has 29 heavy (non-hydrogen) atoms. The molecule has 0 bridgehead atoms. The molecular formula is C20H34IN5O3. The number of aliphatic imine (C=N–C) groups is 1. The summed E-state index contributed by atoms with van der Waals surface area (Å²) in [5.41, 5.74) is 0.532. The van der Waals surface area contributed by atoms with Crippen molar-refractivity contribution in [3.05, 3.63) is 23.9 Å². The summed E-state index contributed by atoms with van der Waals surface area (Å²) in [5, 5.41) is 9.10. The van der Waals surface area contributed by atoms with E-state index in [1.807, 2.05) is 39.8 Å². The zero-order valence-electron chi connectivity index (χ0n) is 17.8. The van der Waals surface area contributed by atoms with E-state index in [1.165, 1.54) is 12.8 Å². The van der Waals surface area contributed by atoms with Crippen LogP contribution in [0.4, 0.5) is 4.79 Å². The largest absolute Gasteiger partial charge is 0.477 e. The summed E-state index contributed by atoms with van der Waals surface area (Å²) in [6, 6.07) is 3.86. The van der Waals surface area contributed by atoms with Crippen molar-refractivity contribution in [1.29, 1.82) is 0 Å². The number of rotatable bonds is 9. The minimum atomic E-state index is -0.500. The maximum Gasteiger partial charge on any atom is 0.407 e. The standard InChI is InChI=1S/C20H33N5O3.HI/c1-5-21-18(23-10-11-24-19(26)28-20(2,3)4)25-13-16-8-9-22-17(12-16)27-14-15-6-7-15;/h8-9,12,15H,5-7,10-11,13-14H2,1-4H3,(H,24,26)(H2,21,23,25);1H. The van der Waals surface area contributed by atoms with E-state index in [9.17, 15) is 4.79 Å². The lowest BCUT2D eigenvalue weighted by Gasteiger charge is -2.19. The third-order valence-corrected chi connectivity index (χ3v) is 3.81. The number of guanidine groups is 1. The molecule has 1 amide bonds. The van der Waals surface area contributed by atoms with E-state index in [0.29, 0.717) is 37.4 Å². The molecule has 8 nitrogen and oxygen atoms in total. The van der Waals surface area contributed by atoms with Crippen molar-refractivity contribution in [2.75, 3.05) is 26.2 Å². The van der Waals surface area contributed by atoms with Crippen molar-refractivity contribution in [2.24, 2.45) is 10.9 Å². The molecule has 0 aliphatic heterocycles. The summed E-state index contributed by atoms with van der Waals surface area (Å²) in [7, 11) is 0. The summed E-state index contributed by atoms with van der Waals surface area (Å²) in [5.74, 6) is 2.03. The Morgan fingerprint density at radius 3 is 2.62 bits per heavy atom. The van der Waals surface area contributed by atoms with E-state index < -0.39 is 11.7 Å². The highest BCUT2D eigenvalue weighted by atomic mass is 127. The van der Waals surface area contributed by atoms with Gasteiger partial charge >= 0.3 is 6.09 Å². The molecule has 0 radical (unpaired) electrons. The number of nitrogens with zero attached hydrogens (tertiary/aromatic N) is 2. The van der Waals surface area contributed by atoms with Crippen LogP contribution < -0.4 is 20.7 Å². The van der Waals surface area contributed by atoms with Crippen molar-refractivity contribution in [1.82, 2.24) is 20.9 Å². The number of aromatic nitrogens is 1. The molecule has 1 aliphatic rings. The fraction of sp³-hybridized carbons (Fsp3) is 0.650. The van der Waals surface area contributed by atoms with Crippen LogP contribution in [0.1, 0.15) is 46.1 Å². The van der Waals surface area contributed by atoms with Gasteiger partial charge in [-0.2, -0.15) is 0 Å². The summed E-state index contributed by atoms with van der Waals surface area (Å²) in [6.45, 7) is 10.5. The number of amides is 1. The Hall–Kier alpha value is -1.78. The van der Waals surface area contributed by atoms with E-state index in [-0.39, 0.29) is 24.0 Å². The van der Waals surface area contributed by atoms with Crippen LogP contribution in [-0.4, -0.2) is 48.9 Å². The maximum atomic E-state index is 11.6. The number of carbonyl (C=O) groups excluding carboxylic acids is 1. The fourth-order valence-electron chi connectivity index (χ4n) is 2.29. The Morgan fingerprint density at radius 1 is 1.24 bits per heavy atom. The number of nitrogens with one attached hydrogen (secondary N) is 3. The second kappa shape index (κ2) is 12.7. The van der Waals surface area contributed by atoms with Crippen molar-refractivity contribution in [2.45, 2.75) is 52.7 Å². The molecule has 1 heterocycles. The van der Waals surface area contributed by atoms with E-state index in [0.717, 1.165) is 18.7 Å². The minimum Gasteiger partial charge on any atom is -0.477 e. The second-order valence-electron chi connectivity index (χ2n) is 7.81. The Bertz CT molecular complexity index is 660. The third-order valence-electron chi connectivity index (χ3n) is 3.81. The predicted molar refractivity (Wildman–Crippen MR) is 125 cm³/mol. The molecule has 1 saturated carbocycles. The van der Waals surface area contributed by atoms with Crippen molar-refractivity contribution in [3.8, 4) is 5.88 Å². The van der Waals surface area contributed by atoms with Gasteiger partial charge in [-0.25, -0.2) is 14.8 Å². The van der Waals surface area contributed by atoms with Crippen molar-refractivity contribution in [3.63, 3.8) is 0 Å². The highest BCUT2D eigenvalue weighted by molar-refractivity contribution is 14.0. The van der Waals surface area contributed by atoms with E-state index in [4.69, 9.17) is 9.47 Å². The molecule has 0 spiro atoms. The van der Waals surface area contributed by atoms with Crippen LogP contribution in [0.15, 0.2) is 23.3 Å². The van der Waals surface area contributed by atoms with Crippen molar-refractivity contribution < 1.29 is 14.3 Å². The van der Waals surface area contributed by atoms with Crippen LogP contribution in [0.3, 0.4) is 0 Å². The van der Waals surface area contributed by atoms with Gasteiger partial charge in [-0.1, -0.05) is 0 Å². The van der Waals surface area contributed by atoms with Gasteiger partial charge in [0.2, 0.25) is 5.88 Å². The molecule has 0 aromatic carbocycles. The molecule has 1 aromatic rings. The number of pyridine rings is 1. The Kier molecular flexibility index (Phi) is 11.1. The zero-order chi connectivity index (χ0) is 20.4.